The molecule has 1 aromatic carbocycles. The second kappa shape index (κ2) is 7.82. The molecule has 168 valence electrons. The number of carbonyl (C=O) groups is 1. The molecule has 32 heavy (non-hydrogen) atoms. The van der Waals surface area contributed by atoms with Crippen LogP contribution in [0.1, 0.15) is 33.4 Å². The van der Waals surface area contributed by atoms with Gasteiger partial charge in [-0.1, -0.05) is 11.6 Å². The van der Waals surface area contributed by atoms with E-state index in [9.17, 15) is 31.5 Å². The van der Waals surface area contributed by atoms with Crippen LogP contribution in [0.15, 0.2) is 29.2 Å². The van der Waals surface area contributed by atoms with Crippen molar-refractivity contribution < 1.29 is 31.5 Å². The number of ether oxygens (including phenoxy) is 1. The molecular weight excluding hydrogens is 461 g/mol. The van der Waals surface area contributed by atoms with E-state index in [1.54, 1.807) is 0 Å². The normalized spacial score (nSPS) is 16.2. The number of H-pyrrole nitrogens is 1. The van der Waals surface area contributed by atoms with E-state index in [1.807, 2.05) is 0 Å². The summed E-state index contributed by atoms with van der Waals surface area (Å²) in [6, 6.07) is 1.61. The van der Waals surface area contributed by atoms with E-state index < -0.39 is 46.0 Å². The molecule has 0 saturated carbocycles. The summed E-state index contributed by atoms with van der Waals surface area (Å²) in [5, 5.41) is -0.766. The molecule has 0 saturated heterocycles. The first-order chi connectivity index (χ1) is 15.0. The molecule has 0 bridgehead atoms. The first kappa shape index (κ1) is 22.2. The lowest BCUT2D eigenvalue weighted by atomic mass is 9.95. The van der Waals surface area contributed by atoms with Crippen LogP contribution in [0.5, 0.6) is 0 Å². The van der Waals surface area contributed by atoms with Crippen molar-refractivity contribution in [2.45, 2.75) is 18.8 Å². The van der Waals surface area contributed by atoms with Crippen LogP contribution in [-0.2, 0) is 17.5 Å². The second-order valence-corrected chi connectivity index (χ2v) is 7.56. The van der Waals surface area contributed by atoms with Gasteiger partial charge in [0.1, 0.15) is 0 Å². The van der Waals surface area contributed by atoms with Gasteiger partial charge in [-0.15, -0.1) is 0 Å². The predicted octanol–water partition coefficient (Wildman–Crippen LogP) is 4.22. The number of nitrogens with one attached hydrogen (secondary N) is 1. The Hall–Kier alpha value is -3.05. The maximum atomic E-state index is 14.0. The zero-order valence-electron chi connectivity index (χ0n) is 16.2. The maximum Gasteiger partial charge on any atom is 0.434 e. The summed E-state index contributed by atoms with van der Waals surface area (Å²) in [5.74, 6) is -3.12. The molecule has 0 fully saturated rings. The van der Waals surface area contributed by atoms with Gasteiger partial charge < -0.3 is 14.6 Å². The number of aromatic amines is 1. The summed E-state index contributed by atoms with van der Waals surface area (Å²) in [4.78, 5) is 32.2. The van der Waals surface area contributed by atoms with Gasteiger partial charge in [0.15, 0.2) is 17.3 Å². The van der Waals surface area contributed by atoms with Gasteiger partial charge in [-0.3, -0.25) is 9.59 Å². The highest BCUT2D eigenvalue weighted by atomic mass is 35.5. The highest BCUT2D eigenvalue weighted by molar-refractivity contribution is 6.31. The third kappa shape index (κ3) is 3.71. The Bertz CT molecular complexity index is 1310. The molecule has 1 unspecified atom stereocenters. The number of nitrogens with zero attached hydrogens (tertiary/aromatic N) is 2. The standard InChI is InChI=1S/C20H13ClF5N3O3/c1-29(19(31)8-2-11(21)17(27-5-8)20(24,25)26)15-7-32-6-14-16(15)9-3-12(22)13(23)4-10(9)18(30)28-14/h2-5,15H,6-7H2,1H3,(H,28,30). The molecule has 0 aliphatic carbocycles. The van der Waals surface area contributed by atoms with E-state index in [0.29, 0.717) is 5.56 Å². The molecule has 0 spiro atoms. The quantitative estimate of drug-likeness (QED) is 0.566. The number of fused-ring (bicyclic) bond motifs is 3. The monoisotopic (exact) mass is 473 g/mol. The first-order valence-electron chi connectivity index (χ1n) is 9.10. The lowest BCUT2D eigenvalue weighted by molar-refractivity contribution is -0.141. The number of halogens is 6. The SMILES string of the molecule is CN(C(=O)c1cnc(C(F)(F)F)c(Cl)c1)C1COCc2[nH]c(=O)c3cc(F)c(F)cc3c21. The molecule has 12 heteroatoms. The van der Waals surface area contributed by atoms with Crippen LogP contribution in [0.3, 0.4) is 0 Å². The Labute approximate surface area is 181 Å². The van der Waals surface area contributed by atoms with Crippen molar-refractivity contribution >= 4 is 28.3 Å². The van der Waals surface area contributed by atoms with Gasteiger partial charge in [0, 0.05) is 24.5 Å². The summed E-state index contributed by atoms with van der Waals surface area (Å²) in [5.41, 5.74) is -1.59. The van der Waals surface area contributed by atoms with Crippen LogP contribution in [0.2, 0.25) is 5.02 Å². The summed E-state index contributed by atoms with van der Waals surface area (Å²) >= 11 is 5.66. The predicted molar refractivity (Wildman–Crippen MR) is 103 cm³/mol. The van der Waals surface area contributed by atoms with Gasteiger partial charge in [-0.25, -0.2) is 13.8 Å². The number of rotatable bonds is 2. The average Bonchev–Trinajstić information content (AvgIpc) is 2.72. The van der Waals surface area contributed by atoms with Crippen LogP contribution < -0.4 is 5.56 Å². The number of aromatic nitrogens is 2. The molecule has 4 rings (SSSR count). The molecule has 1 aliphatic rings. The largest absolute Gasteiger partial charge is 0.434 e. The van der Waals surface area contributed by atoms with Crippen molar-refractivity contribution in [1.82, 2.24) is 14.9 Å². The van der Waals surface area contributed by atoms with E-state index in [4.69, 9.17) is 16.3 Å². The second-order valence-electron chi connectivity index (χ2n) is 7.16. The number of likely N-dealkylation sites (N-methyl/N-ethyl adjacent to an activating group) is 1. The minimum absolute atomic E-state index is 0.0360. The summed E-state index contributed by atoms with van der Waals surface area (Å²) in [7, 11) is 1.36. The van der Waals surface area contributed by atoms with Crippen LogP contribution in [0.25, 0.3) is 10.8 Å². The molecule has 1 atom stereocenters. The zero-order chi connectivity index (χ0) is 23.4. The molecule has 2 aromatic heterocycles. The first-order valence-corrected chi connectivity index (χ1v) is 9.48. The molecule has 0 radical (unpaired) electrons. The van der Waals surface area contributed by atoms with Crippen LogP contribution >= 0.6 is 11.6 Å². The molecule has 3 aromatic rings. The lowest BCUT2D eigenvalue weighted by Crippen LogP contribution is -2.37. The van der Waals surface area contributed by atoms with E-state index in [1.165, 1.54) is 7.05 Å². The van der Waals surface area contributed by atoms with Crippen LogP contribution in [0.4, 0.5) is 22.0 Å². The summed E-state index contributed by atoms with van der Waals surface area (Å²) < 4.78 is 71.8. The van der Waals surface area contributed by atoms with Crippen molar-refractivity contribution in [3.05, 3.63) is 73.9 Å². The van der Waals surface area contributed by atoms with Crippen molar-refractivity contribution in [3.8, 4) is 0 Å². The molecule has 6 nitrogen and oxygen atoms in total. The number of amides is 1. The number of alkyl halides is 3. The van der Waals surface area contributed by atoms with E-state index >= 15 is 0 Å². The fourth-order valence-corrected chi connectivity index (χ4v) is 3.93. The number of benzene rings is 1. The molecular formula is C20H13ClF5N3O3. The number of pyridine rings is 2. The highest BCUT2D eigenvalue weighted by Crippen LogP contribution is 2.36. The van der Waals surface area contributed by atoms with Crippen LogP contribution in [0, 0.1) is 11.6 Å². The lowest BCUT2D eigenvalue weighted by Gasteiger charge is -2.34. The van der Waals surface area contributed by atoms with Gasteiger partial charge in [-0.2, -0.15) is 13.2 Å². The number of carbonyl (C=O) groups excluding carboxylic acids is 1. The van der Waals surface area contributed by atoms with Gasteiger partial charge >= 0.3 is 6.18 Å². The number of hydrogen-bond acceptors (Lipinski definition) is 4. The smallest absolute Gasteiger partial charge is 0.373 e. The van der Waals surface area contributed by atoms with Crippen molar-refractivity contribution in [2.75, 3.05) is 13.7 Å². The Balaban J connectivity index is 1.79. The topological polar surface area (TPSA) is 75.3 Å². The van der Waals surface area contributed by atoms with Gasteiger partial charge in [0.2, 0.25) is 0 Å². The van der Waals surface area contributed by atoms with Crippen molar-refractivity contribution in [1.29, 1.82) is 0 Å². The van der Waals surface area contributed by atoms with Crippen molar-refractivity contribution in [2.24, 2.45) is 0 Å². The summed E-state index contributed by atoms with van der Waals surface area (Å²) in [6.45, 7) is -0.0944. The molecule has 1 aliphatic heterocycles. The maximum absolute atomic E-state index is 14.0. The van der Waals surface area contributed by atoms with Gasteiger partial charge in [0.05, 0.1) is 35.2 Å². The Morgan fingerprint density at radius 2 is 1.88 bits per heavy atom. The van der Waals surface area contributed by atoms with E-state index in [0.717, 1.165) is 29.3 Å². The molecule has 1 amide bonds. The van der Waals surface area contributed by atoms with E-state index in [2.05, 4.69) is 9.97 Å². The third-order valence-electron chi connectivity index (χ3n) is 5.18. The summed E-state index contributed by atoms with van der Waals surface area (Å²) in [6.07, 6.45) is -4.04. The van der Waals surface area contributed by atoms with Crippen LogP contribution in [-0.4, -0.2) is 34.4 Å². The Morgan fingerprint density at radius 1 is 1.22 bits per heavy atom. The zero-order valence-corrected chi connectivity index (χ0v) is 16.9. The average molecular weight is 474 g/mol. The fourth-order valence-electron chi connectivity index (χ4n) is 3.66. The van der Waals surface area contributed by atoms with Gasteiger partial charge in [-0.05, 0) is 23.6 Å². The molecule has 3 heterocycles. The third-order valence-corrected chi connectivity index (χ3v) is 5.47. The van der Waals surface area contributed by atoms with Gasteiger partial charge in [0.25, 0.3) is 11.5 Å². The van der Waals surface area contributed by atoms with E-state index in [-0.39, 0.29) is 35.2 Å². The molecule has 1 N–H and O–H groups in total. The highest BCUT2D eigenvalue weighted by Gasteiger charge is 2.36. The minimum atomic E-state index is -4.79. The fraction of sp³-hybridized carbons (Fsp3) is 0.250. The minimum Gasteiger partial charge on any atom is -0.373 e. The Kier molecular flexibility index (Phi) is 5.41. The number of hydrogen-bond donors (Lipinski definition) is 1. The van der Waals surface area contributed by atoms with Crippen molar-refractivity contribution in [3.63, 3.8) is 0 Å². The Morgan fingerprint density at radius 3 is 2.50 bits per heavy atom.